The first-order valence-corrected chi connectivity index (χ1v) is 8.62. The van der Waals surface area contributed by atoms with Gasteiger partial charge < -0.3 is 5.32 Å². The quantitative estimate of drug-likeness (QED) is 0.885. The summed E-state index contributed by atoms with van der Waals surface area (Å²) in [6.45, 7) is 2.73. The van der Waals surface area contributed by atoms with E-state index in [1.165, 1.54) is 36.8 Å². The Labute approximate surface area is 131 Å². The van der Waals surface area contributed by atoms with Crippen LogP contribution in [0.5, 0.6) is 0 Å². The van der Waals surface area contributed by atoms with E-state index in [1.807, 2.05) is 0 Å². The van der Waals surface area contributed by atoms with Crippen molar-refractivity contribution in [1.82, 2.24) is 9.78 Å². The summed E-state index contributed by atoms with van der Waals surface area (Å²) in [6, 6.07) is 0.412. The molecule has 1 aliphatic carbocycles. The molecule has 1 fully saturated rings. The maximum atomic E-state index is 12.2. The van der Waals surface area contributed by atoms with E-state index in [0.717, 1.165) is 25.7 Å². The number of hydrogen-bond donors (Lipinski definition) is 1. The fraction of sp³-hybridized carbons (Fsp3) is 0.750. The second kappa shape index (κ2) is 8.42. The van der Waals surface area contributed by atoms with E-state index in [4.69, 9.17) is 11.6 Å². The van der Waals surface area contributed by atoms with Crippen LogP contribution in [0.2, 0.25) is 5.02 Å². The molecule has 0 atom stereocenters. The van der Waals surface area contributed by atoms with E-state index >= 15 is 0 Å². The van der Waals surface area contributed by atoms with Crippen LogP contribution in [0.4, 0.5) is 5.69 Å². The molecule has 0 unspecified atom stereocenters. The van der Waals surface area contributed by atoms with Crippen LogP contribution < -0.4 is 10.9 Å². The number of hydrogen-bond acceptors (Lipinski definition) is 3. The first kappa shape index (κ1) is 16.3. The van der Waals surface area contributed by atoms with Gasteiger partial charge in [0.1, 0.15) is 5.02 Å². The van der Waals surface area contributed by atoms with Crippen LogP contribution in [0.3, 0.4) is 0 Å². The molecule has 0 radical (unpaired) electrons. The van der Waals surface area contributed by atoms with Gasteiger partial charge in [0.05, 0.1) is 11.9 Å². The third-order valence-corrected chi connectivity index (χ3v) is 4.54. The summed E-state index contributed by atoms with van der Waals surface area (Å²) in [4.78, 5) is 12.2. The summed E-state index contributed by atoms with van der Waals surface area (Å²) in [6.07, 6.45) is 12.4. The van der Waals surface area contributed by atoms with E-state index in [0.29, 0.717) is 18.3 Å². The number of nitrogens with zero attached hydrogens (tertiary/aromatic N) is 2. The molecular weight excluding hydrogens is 286 g/mol. The van der Waals surface area contributed by atoms with Gasteiger partial charge in [0.25, 0.3) is 5.56 Å². The summed E-state index contributed by atoms with van der Waals surface area (Å²) in [5.41, 5.74) is 0.515. The van der Waals surface area contributed by atoms with Crippen LogP contribution >= 0.6 is 11.6 Å². The number of aromatic nitrogens is 2. The SMILES string of the molecule is CCCCn1ncc(NC2CCCCCCC2)c(Cl)c1=O. The molecule has 1 aromatic rings. The van der Waals surface area contributed by atoms with Crippen LogP contribution in [0.1, 0.15) is 64.7 Å². The second-order valence-corrected chi connectivity index (χ2v) is 6.32. The molecular formula is C16H26ClN3O. The molecule has 118 valence electrons. The summed E-state index contributed by atoms with van der Waals surface area (Å²) < 4.78 is 1.47. The molecule has 1 aliphatic rings. The van der Waals surface area contributed by atoms with Crippen molar-refractivity contribution in [2.24, 2.45) is 0 Å². The summed E-state index contributed by atoms with van der Waals surface area (Å²) in [5, 5.41) is 7.96. The van der Waals surface area contributed by atoms with Crippen LogP contribution in [0.25, 0.3) is 0 Å². The fourth-order valence-electron chi connectivity index (χ4n) is 2.85. The zero-order chi connectivity index (χ0) is 15.1. The van der Waals surface area contributed by atoms with E-state index in [-0.39, 0.29) is 10.6 Å². The van der Waals surface area contributed by atoms with Crippen molar-refractivity contribution in [2.75, 3.05) is 5.32 Å². The lowest BCUT2D eigenvalue weighted by atomic mass is 9.96. The highest BCUT2D eigenvalue weighted by Gasteiger charge is 2.15. The summed E-state index contributed by atoms with van der Waals surface area (Å²) >= 11 is 6.23. The minimum Gasteiger partial charge on any atom is -0.380 e. The molecule has 1 aromatic heterocycles. The van der Waals surface area contributed by atoms with Gasteiger partial charge in [0, 0.05) is 12.6 Å². The molecule has 0 saturated heterocycles. The number of rotatable bonds is 5. The van der Waals surface area contributed by atoms with E-state index < -0.39 is 0 Å². The van der Waals surface area contributed by atoms with Crippen LogP contribution in [0, 0.1) is 0 Å². The van der Waals surface area contributed by atoms with Gasteiger partial charge in [-0.1, -0.05) is 57.0 Å². The molecule has 0 spiro atoms. The van der Waals surface area contributed by atoms with E-state index in [9.17, 15) is 4.79 Å². The van der Waals surface area contributed by atoms with Gasteiger partial charge in [-0.05, 0) is 19.3 Å². The Morgan fingerprint density at radius 3 is 2.62 bits per heavy atom. The lowest BCUT2D eigenvalue weighted by Gasteiger charge is -2.22. The molecule has 1 heterocycles. The Morgan fingerprint density at radius 2 is 1.95 bits per heavy atom. The van der Waals surface area contributed by atoms with Gasteiger partial charge in [-0.15, -0.1) is 0 Å². The number of halogens is 1. The predicted octanol–water partition coefficient (Wildman–Crippen LogP) is 4.22. The highest BCUT2D eigenvalue weighted by atomic mass is 35.5. The number of nitrogens with one attached hydrogen (secondary N) is 1. The van der Waals surface area contributed by atoms with E-state index in [2.05, 4.69) is 17.3 Å². The van der Waals surface area contributed by atoms with Gasteiger partial charge in [-0.25, -0.2) is 4.68 Å². The second-order valence-electron chi connectivity index (χ2n) is 5.94. The van der Waals surface area contributed by atoms with Crippen molar-refractivity contribution in [2.45, 2.75) is 77.3 Å². The molecule has 0 amide bonds. The highest BCUT2D eigenvalue weighted by molar-refractivity contribution is 6.32. The predicted molar refractivity (Wildman–Crippen MR) is 88.1 cm³/mol. The van der Waals surface area contributed by atoms with Crippen molar-refractivity contribution in [3.05, 3.63) is 21.6 Å². The summed E-state index contributed by atoms with van der Waals surface area (Å²) in [5.74, 6) is 0. The lowest BCUT2D eigenvalue weighted by molar-refractivity contribution is 0.470. The highest BCUT2D eigenvalue weighted by Crippen LogP contribution is 2.23. The van der Waals surface area contributed by atoms with Gasteiger partial charge in [-0.3, -0.25) is 4.79 Å². The first-order valence-electron chi connectivity index (χ1n) is 8.24. The monoisotopic (exact) mass is 311 g/mol. The molecule has 21 heavy (non-hydrogen) atoms. The van der Waals surface area contributed by atoms with Gasteiger partial charge in [0.2, 0.25) is 0 Å². The molecule has 5 heteroatoms. The van der Waals surface area contributed by atoms with Gasteiger partial charge in [-0.2, -0.15) is 5.10 Å². The Kier molecular flexibility index (Phi) is 6.55. The number of anilines is 1. The van der Waals surface area contributed by atoms with Gasteiger partial charge in [0.15, 0.2) is 0 Å². The first-order chi connectivity index (χ1) is 10.2. The Morgan fingerprint density at radius 1 is 1.29 bits per heavy atom. The summed E-state index contributed by atoms with van der Waals surface area (Å²) in [7, 11) is 0. The van der Waals surface area contributed by atoms with Crippen LogP contribution in [0.15, 0.2) is 11.0 Å². The number of unbranched alkanes of at least 4 members (excludes halogenated alkanes) is 1. The maximum Gasteiger partial charge on any atom is 0.287 e. The van der Waals surface area contributed by atoms with Crippen molar-refractivity contribution in [1.29, 1.82) is 0 Å². The third kappa shape index (κ3) is 4.73. The normalized spacial score (nSPS) is 17.2. The molecule has 1 N–H and O–H groups in total. The minimum absolute atomic E-state index is 0.180. The van der Waals surface area contributed by atoms with E-state index in [1.54, 1.807) is 6.20 Å². The molecule has 4 nitrogen and oxygen atoms in total. The average molecular weight is 312 g/mol. The van der Waals surface area contributed by atoms with Gasteiger partial charge >= 0.3 is 0 Å². The molecule has 0 aromatic carbocycles. The van der Waals surface area contributed by atoms with Crippen LogP contribution in [-0.2, 0) is 6.54 Å². The molecule has 0 aliphatic heterocycles. The Hall–Kier alpha value is -1.03. The average Bonchev–Trinajstić information content (AvgIpc) is 2.45. The topological polar surface area (TPSA) is 46.9 Å². The lowest BCUT2D eigenvalue weighted by Crippen LogP contribution is -2.27. The zero-order valence-corrected chi connectivity index (χ0v) is 13.7. The number of aryl methyl sites for hydroxylation is 1. The fourth-order valence-corrected chi connectivity index (χ4v) is 3.05. The zero-order valence-electron chi connectivity index (χ0n) is 12.9. The minimum atomic E-state index is -0.180. The molecule has 1 saturated carbocycles. The van der Waals surface area contributed by atoms with Crippen molar-refractivity contribution in [3.8, 4) is 0 Å². The van der Waals surface area contributed by atoms with Crippen molar-refractivity contribution >= 4 is 17.3 Å². The van der Waals surface area contributed by atoms with Crippen molar-refractivity contribution < 1.29 is 0 Å². The standard InChI is InChI=1S/C16H26ClN3O/c1-2-3-11-20-16(21)15(17)14(12-18-20)19-13-9-7-5-4-6-8-10-13/h12-13,19H,2-11H2,1H3. The molecule has 2 rings (SSSR count). The van der Waals surface area contributed by atoms with Crippen LogP contribution in [-0.4, -0.2) is 15.8 Å². The largest absolute Gasteiger partial charge is 0.380 e. The molecule has 0 bridgehead atoms. The Bertz CT molecular complexity index is 493. The Balaban J connectivity index is 2.05. The van der Waals surface area contributed by atoms with Crippen molar-refractivity contribution in [3.63, 3.8) is 0 Å². The maximum absolute atomic E-state index is 12.2. The smallest absolute Gasteiger partial charge is 0.287 e. The third-order valence-electron chi connectivity index (χ3n) is 4.17.